The number of hydrogen-bond acceptors (Lipinski definition) is 2. The van der Waals surface area contributed by atoms with E-state index in [4.69, 9.17) is 11.6 Å². The van der Waals surface area contributed by atoms with Crippen LogP contribution in [0.25, 0.3) is 6.08 Å². The Hall–Kier alpha value is -1.52. The third-order valence-corrected chi connectivity index (χ3v) is 5.55. The van der Waals surface area contributed by atoms with Crippen LogP contribution in [0.5, 0.6) is 0 Å². The van der Waals surface area contributed by atoms with Crippen LogP contribution in [0.1, 0.15) is 38.2 Å². The van der Waals surface area contributed by atoms with Gasteiger partial charge in [0.1, 0.15) is 0 Å². The lowest BCUT2D eigenvalue weighted by Gasteiger charge is -2.51. The third kappa shape index (κ3) is 3.60. The SMILES string of the molecule is CCC1[C@@H]2CCC[C@H](C=Cc3cccc(Cl)c3)N2CCN1C(=O)O. The maximum absolute atomic E-state index is 11.5. The molecule has 4 nitrogen and oxygen atoms in total. The van der Waals surface area contributed by atoms with Gasteiger partial charge in [0.2, 0.25) is 0 Å². The van der Waals surface area contributed by atoms with Gasteiger partial charge in [-0.15, -0.1) is 0 Å². The summed E-state index contributed by atoms with van der Waals surface area (Å²) in [4.78, 5) is 15.7. The van der Waals surface area contributed by atoms with E-state index in [1.165, 1.54) is 0 Å². The monoisotopic (exact) mass is 348 g/mol. The summed E-state index contributed by atoms with van der Waals surface area (Å²) in [5.41, 5.74) is 1.11. The molecule has 3 rings (SSSR count). The molecule has 130 valence electrons. The lowest BCUT2D eigenvalue weighted by Crippen LogP contribution is -2.63. The Labute approximate surface area is 148 Å². The standard InChI is InChI=1S/C19H25ClN2O2/c1-2-17-18-8-4-7-16(21(18)11-12-22(17)19(23)24)10-9-14-5-3-6-15(20)13-14/h3,5-6,9-10,13,16-18H,2,4,7-8,11-12H2,1H3,(H,23,24)/t16-,17?,18+/m1/s1. The molecule has 1 N–H and O–H groups in total. The molecule has 5 heteroatoms. The van der Waals surface area contributed by atoms with Crippen LogP contribution in [0.3, 0.4) is 0 Å². The molecule has 24 heavy (non-hydrogen) atoms. The predicted octanol–water partition coefficient (Wildman–Crippen LogP) is 4.35. The lowest BCUT2D eigenvalue weighted by molar-refractivity contribution is -0.0129. The summed E-state index contributed by atoms with van der Waals surface area (Å²) in [7, 11) is 0. The zero-order chi connectivity index (χ0) is 17.1. The van der Waals surface area contributed by atoms with E-state index >= 15 is 0 Å². The van der Waals surface area contributed by atoms with Crippen molar-refractivity contribution in [2.75, 3.05) is 13.1 Å². The fourth-order valence-electron chi connectivity index (χ4n) is 4.22. The molecule has 3 atom stereocenters. The molecule has 0 aliphatic carbocycles. The number of rotatable bonds is 3. The summed E-state index contributed by atoms with van der Waals surface area (Å²) >= 11 is 6.06. The normalized spacial score (nSPS) is 28.1. The molecular weight excluding hydrogens is 324 g/mol. The topological polar surface area (TPSA) is 43.8 Å². The fourth-order valence-corrected chi connectivity index (χ4v) is 4.42. The Kier molecular flexibility index (Phi) is 5.47. The minimum atomic E-state index is -0.780. The summed E-state index contributed by atoms with van der Waals surface area (Å²) < 4.78 is 0. The minimum Gasteiger partial charge on any atom is -0.465 e. The van der Waals surface area contributed by atoms with Gasteiger partial charge in [0.05, 0.1) is 6.04 Å². The first-order valence-corrected chi connectivity index (χ1v) is 9.17. The van der Waals surface area contributed by atoms with Crippen molar-refractivity contribution in [1.82, 2.24) is 9.80 Å². The Balaban J connectivity index is 1.75. The van der Waals surface area contributed by atoms with Gasteiger partial charge >= 0.3 is 6.09 Å². The zero-order valence-electron chi connectivity index (χ0n) is 14.1. The maximum Gasteiger partial charge on any atom is 0.407 e. The fraction of sp³-hybridized carbons (Fsp3) is 0.526. The van der Waals surface area contributed by atoms with Crippen LogP contribution in [-0.4, -0.2) is 52.2 Å². The van der Waals surface area contributed by atoms with Crippen LogP contribution in [0.15, 0.2) is 30.3 Å². The number of piperazine rings is 1. The first-order chi connectivity index (χ1) is 11.6. The number of piperidine rings is 1. The second-order valence-electron chi connectivity index (χ2n) is 6.67. The molecule has 1 aromatic carbocycles. The number of fused-ring (bicyclic) bond motifs is 1. The van der Waals surface area contributed by atoms with Crippen LogP contribution < -0.4 is 0 Å². The van der Waals surface area contributed by atoms with Crippen LogP contribution >= 0.6 is 11.6 Å². The van der Waals surface area contributed by atoms with E-state index in [1.807, 2.05) is 18.2 Å². The van der Waals surface area contributed by atoms with Crippen molar-refractivity contribution in [3.63, 3.8) is 0 Å². The third-order valence-electron chi connectivity index (χ3n) is 5.32. The Bertz CT molecular complexity index is 619. The van der Waals surface area contributed by atoms with Crippen LogP contribution in [0, 0.1) is 0 Å². The van der Waals surface area contributed by atoms with Crippen LogP contribution in [0.4, 0.5) is 4.79 Å². The maximum atomic E-state index is 11.5. The van der Waals surface area contributed by atoms with Gasteiger partial charge in [-0.25, -0.2) is 4.79 Å². The first-order valence-electron chi connectivity index (χ1n) is 8.79. The quantitative estimate of drug-likeness (QED) is 0.883. The molecule has 2 heterocycles. The molecule has 0 saturated carbocycles. The molecule has 2 aliphatic heterocycles. The number of carbonyl (C=O) groups is 1. The second kappa shape index (κ2) is 7.58. The van der Waals surface area contributed by atoms with Crippen molar-refractivity contribution in [1.29, 1.82) is 0 Å². The molecule has 0 spiro atoms. The van der Waals surface area contributed by atoms with Crippen LogP contribution in [0.2, 0.25) is 5.02 Å². The highest BCUT2D eigenvalue weighted by Gasteiger charge is 2.41. The molecule has 2 aliphatic rings. The zero-order valence-corrected chi connectivity index (χ0v) is 14.8. The van der Waals surface area contributed by atoms with E-state index in [9.17, 15) is 9.90 Å². The molecule has 1 unspecified atom stereocenters. The van der Waals surface area contributed by atoms with Gasteiger partial charge in [-0.2, -0.15) is 0 Å². The number of hydrogen-bond donors (Lipinski definition) is 1. The first kappa shape index (κ1) is 17.3. The molecule has 0 bridgehead atoms. The molecule has 2 saturated heterocycles. The Morgan fingerprint density at radius 3 is 2.92 bits per heavy atom. The van der Waals surface area contributed by atoms with Gasteiger partial charge in [0, 0.05) is 30.2 Å². The number of nitrogens with zero attached hydrogens (tertiary/aromatic N) is 2. The van der Waals surface area contributed by atoms with Crippen molar-refractivity contribution < 1.29 is 9.90 Å². The average Bonchev–Trinajstić information content (AvgIpc) is 2.58. The van der Waals surface area contributed by atoms with E-state index in [2.05, 4.69) is 30.0 Å². The van der Waals surface area contributed by atoms with Gasteiger partial charge < -0.3 is 10.0 Å². The number of amides is 1. The van der Waals surface area contributed by atoms with Gasteiger partial charge in [0.15, 0.2) is 0 Å². The highest BCUT2D eigenvalue weighted by Crippen LogP contribution is 2.32. The molecule has 1 aromatic rings. The molecule has 2 fully saturated rings. The minimum absolute atomic E-state index is 0.110. The number of benzene rings is 1. The largest absolute Gasteiger partial charge is 0.465 e. The predicted molar refractivity (Wildman–Crippen MR) is 97.4 cm³/mol. The highest BCUT2D eigenvalue weighted by atomic mass is 35.5. The van der Waals surface area contributed by atoms with E-state index in [0.717, 1.165) is 42.8 Å². The average molecular weight is 349 g/mol. The Morgan fingerprint density at radius 2 is 2.21 bits per heavy atom. The van der Waals surface area contributed by atoms with Crippen molar-refractivity contribution in [2.45, 2.75) is 50.7 Å². The van der Waals surface area contributed by atoms with E-state index in [1.54, 1.807) is 4.90 Å². The highest BCUT2D eigenvalue weighted by molar-refractivity contribution is 6.30. The molecule has 0 radical (unpaired) electrons. The van der Waals surface area contributed by atoms with Gasteiger partial charge in [-0.1, -0.05) is 42.8 Å². The smallest absolute Gasteiger partial charge is 0.407 e. The van der Waals surface area contributed by atoms with Crippen molar-refractivity contribution >= 4 is 23.8 Å². The van der Waals surface area contributed by atoms with E-state index < -0.39 is 6.09 Å². The Morgan fingerprint density at radius 1 is 1.38 bits per heavy atom. The summed E-state index contributed by atoms with van der Waals surface area (Å²) in [6, 6.07) is 8.70. The summed E-state index contributed by atoms with van der Waals surface area (Å²) in [6.45, 7) is 3.51. The summed E-state index contributed by atoms with van der Waals surface area (Å²) in [6.07, 6.45) is 7.87. The van der Waals surface area contributed by atoms with Crippen molar-refractivity contribution in [3.05, 3.63) is 40.9 Å². The number of carboxylic acid groups (broad SMARTS) is 1. The number of halogens is 1. The van der Waals surface area contributed by atoms with Gasteiger partial charge in [-0.05, 0) is 43.4 Å². The van der Waals surface area contributed by atoms with Crippen molar-refractivity contribution in [2.24, 2.45) is 0 Å². The van der Waals surface area contributed by atoms with E-state index in [-0.39, 0.29) is 6.04 Å². The lowest BCUT2D eigenvalue weighted by atomic mass is 9.87. The molecular formula is C19H25ClN2O2. The summed E-state index contributed by atoms with van der Waals surface area (Å²) in [5, 5.41) is 10.2. The summed E-state index contributed by atoms with van der Waals surface area (Å²) in [5.74, 6) is 0. The second-order valence-corrected chi connectivity index (χ2v) is 7.11. The van der Waals surface area contributed by atoms with Crippen molar-refractivity contribution in [3.8, 4) is 0 Å². The molecule has 0 aromatic heterocycles. The van der Waals surface area contributed by atoms with Gasteiger partial charge in [0.25, 0.3) is 0 Å². The van der Waals surface area contributed by atoms with E-state index in [0.29, 0.717) is 18.6 Å². The van der Waals surface area contributed by atoms with Gasteiger partial charge in [-0.3, -0.25) is 4.90 Å². The van der Waals surface area contributed by atoms with Crippen LogP contribution in [-0.2, 0) is 0 Å². The molecule has 1 amide bonds.